The second kappa shape index (κ2) is 11.2. The smallest absolute Gasteiger partial charge is 0.321 e. The van der Waals surface area contributed by atoms with Crippen LogP contribution in [0.3, 0.4) is 0 Å². The van der Waals surface area contributed by atoms with Crippen LogP contribution in [-0.4, -0.2) is 58.1 Å². The van der Waals surface area contributed by atoms with Crippen LogP contribution in [0.5, 0.6) is 0 Å². The van der Waals surface area contributed by atoms with Crippen molar-refractivity contribution in [2.75, 3.05) is 30.8 Å². The molecule has 1 aliphatic rings. The number of nitrogens with two attached hydrogens (primary N) is 1. The van der Waals surface area contributed by atoms with E-state index in [-0.39, 0.29) is 11.6 Å². The molecule has 0 aromatic carbocycles. The molecule has 0 atom stereocenters. The first-order chi connectivity index (χ1) is 16.4. The number of likely N-dealkylation sites (tertiary alicyclic amines) is 1. The second-order valence-electron chi connectivity index (χ2n) is 7.92. The molecular weight excluding hydrogens is 432 g/mol. The average Bonchev–Trinajstić information content (AvgIpc) is 2.80. The summed E-state index contributed by atoms with van der Waals surface area (Å²) in [5.41, 5.74) is 9.21. The van der Waals surface area contributed by atoms with Crippen molar-refractivity contribution in [3.05, 3.63) is 54.0 Å². The molecule has 10 nitrogen and oxygen atoms in total. The van der Waals surface area contributed by atoms with Crippen molar-refractivity contribution in [2.24, 2.45) is 16.6 Å². The Morgan fingerprint density at radius 2 is 1.88 bits per heavy atom. The Balaban J connectivity index is 1.71. The summed E-state index contributed by atoms with van der Waals surface area (Å²) in [5, 5.41) is 5.63. The van der Waals surface area contributed by atoms with E-state index in [1.807, 2.05) is 13.0 Å². The summed E-state index contributed by atoms with van der Waals surface area (Å²) >= 11 is 0. The van der Waals surface area contributed by atoms with Gasteiger partial charge < -0.3 is 21.3 Å². The lowest BCUT2D eigenvalue weighted by Gasteiger charge is -2.38. The highest BCUT2D eigenvalue weighted by Gasteiger charge is 2.29. The van der Waals surface area contributed by atoms with Crippen molar-refractivity contribution in [3.8, 4) is 0 Å². The maximum atomic E-state index is 13.0. The van der Waals surface area contributed by atoms with Crippen molar-refractivity contribution in [3.63, 3.8) is 0 Å². The predicted molar refractivity (Wildman–Crippen MR) is 134 cm³/mol. The van der Waals surface area contributed by atoms with Crippen LogP contribution in [-0.2, 0) is 4.79 Å². The fourth-order valence-electron chi connectivity index (χ4n) is 3.44. The van der Waals surface area contributed by atoms with Crippen molar-refractivity contribution in [1.82, 2.24) is 19.9 Å². The van der Waals surface area contributed by atoms with Crippen molar-refractivity contribution in [2.45, 2.75) is 27.2 Å². The number of nitrogens with zero attached hydrogens (tertiary/aromatic N) is 5. The number of allylic oxidation sites excluding steroid dienone is 2. The van der Waals surface area contributed by atoms with Gasteiger partial charge in [-0.15, -0.1) is 0 Å². The molecule has 4 N–H and O–H groups in total. The molecule has 2 aromatic rings. The van der Waals surface area contributed by atoms with Gasteiger partial charge in [-0.05, 0) is 32.3 Å². The quantitative estimate of drug-likeness (QED) is 0.427. The first-order valence-corrected chi connectivity index (χ1v) is 11.1. The number of aromatic nitrogens is 3. The van der Waals surface area contributed by atoms with Crippen LogP contribution >= 0.6 is 0 Å². The second-order valence-corrected chi connectivity index (χ2v) is 7.92. The number of rotatable bonds is 7. The van der Waals surface area contributed by atoms with E-state index in [1.54, 1.807) is 43.5 Å². The highest BCUT2D eigenvalue weighted by atomic mass is 16.2. The lowest BCUT2D eigenvalue weighted by atomic mass is 9.98. The zero-order valence-electron chi connectivity index (χ0n) is 19.9. The van der Waals surface area contributed by atoms with Crippen LogP contribution in [0.15, 0.2) is 41.9 Å². The number of carbonyl (C=O) groups excluding carboxylic acids is 2. The summed E-state index contributed by atoms with van der Waals surface area (Å²) in [7, 11) is 1.68. The summed E-state index contributed by atoms with van der Waals surface area (Å²) in [5.74, 6) is 0.0903. The molecule has 3 heterocycles. The molecule has 0 radical (unpaired) electrons. The van der Waals surface area contributed by atoms with E-state index in [2.05, 4.69) is 37.5 Å². The van der Waals surface area contributed by atoms with E-state index < -0.39 is 5.91 Å². The van der Waals surface area contributed by atoms with Gasteiger partial charge in [0.2, 0.25) is 0 Å². The summed E-state index contributed by atoms with van der Waals surface area (Å²) in [6, 6.07) is 1.49. The van der Waals surface area contributed by atoms with Crippen molar-refractivity contribution >= 4 is 40.7 Å². The van der Waals surface area contributed by atoms with Gasteiger partial charge in [0.1, 0.15) is 0 Å². The highest BCUT2D eigenvalue weighted by Crippen LogP contribution is 2.23. The van der Waals surface area contributed by atoms with Crippen molar-refractivity contribution < 1.29 is 9.59 Å². The Hall–Kier alpha value is -4.08. The number of carbonyl (C=O) groups is 2. The first-order valence-electron chi connectivity index (χ1n) is 11.1. The van der Waals surface area contributed by atoms with Crippen LogP contribution < -0.4 is 16.4 Å². The van der Waals surface area contributed by atoms with Gasteiger partial charge in [0, 0.05) is 38.1 Å². The molecule has 10 heteroatoms. The molecule has 0 bridgehead atoms. The fourth-order valence-corrected chi connectivity index (χ4v) is 3.44. The zero-order valence-corrected chi connectivity index (χ0v) is 19.9. The van der Waals surface area contributed by atoms with Crippen molar-refractivity contribution in [1.29, 1.82) is 0 Å². The number of aliphatic imine (C=N–C) groups is 1. The number of hydrogen-bond acceptors (Lipinski definition) is 7. The maximum Gasteiger partial charge on any atom is 0.321 e. The molecule has 3 amide bonds. The first kappa shape index (κ1) is 24.6. The molecule has 178 valence electrons. The Bertz CT molecular complexity index is 1130. The molecular formula is C24H30N8O2. The molecule has 0 saturated carbocycles. The third-order valence-corrected chi connectivity index (χ3v) is 5.62. The maximum absolute atomic E-state index is 13.0. The Kier molecular flexibility index (Phi) is 8.07. The van der Waals surface area contributed by atoms with E-state index in [1.165, 1.54) is 12.4 Å². The molecule has 1 fully saturated rings. The van der Waals surface area contributed by atoms with Gasteiger partial charge >= 0.3 is 6.03 Å². The summed E-state index contributed by atoms with van der Waals surface area (Å²) in [6.45, 7) is 7.25. The van der Waals surface area contributed by atoms with Crippen LogP contribution in [0.25, 0.3) is 11.1 Å². The summed E-state index contributed by atoms with van der Waals surface area (Å²) in [6.07, 6.45) is 10.4. The molecule has 0 aliphatic carbocycles. The number of hydrogen-bond donors (Lipinski definition) is 3. The lowest BCUT2D eigenvalue weighted by Crippen LogP contribution is -2.51. The van der Waals surface area contributed by atoms with Gasteiger partial charge in [-0.1, -0.05) is 13.0 Å². The minimum atomic E-state index is -0.465. The minimum Gasteiger partial charge on any atom is -0.404 e. The number of urea groups is 1. The van der Waals surface area contributed by atoms with Gasteiger partial charge in [0.05, 0.1) is 52.6 Å². The monoisotopic (exact) mass is 462 g/mol. The molecule has 2 aromatic heterocycles. The average molecular weight is 463 g/mol. The van der Waals surface area contributed by atoms with Gasteiger partial charge in [-0.25, -0.2) is 4.79 Å². The van der Waals surface area contributed by atoms with Gasteiger partial charge in [0.15, 0.2) is 0 Å². The zero-order chi connectivity index (χ0) is 24.7. The Morgan fingerprint density at radius 1 is 1.18 bits per heavy atom. The minimum absolute atomic E-state index is 0.158. The highest BCUT2D eigenvalue weighted by molar-refractivity contribution is 6.24. The number of aryl methyl sites for hydroxylation is 1. The molecule has 0 unspecified atom stereocenters. The third kappa shape index (κ3) is 5.64. The third-order valence-electron chi connectivity index (χ3n) is 5.62. The van der Waals surface area contributed by atoms with E-state index in [0.717, 1.165) is 25.1 Å². The molecule has 3 rings (SSSR count). The number of anilines is 2. The van der Waals surface area contributed by atoms with E-state index >= 15 is 0 Å². The number of pyridine rings is 1. The Labute approximate surface area is 199 Å². The number of amides is 3. The van der Waals surface area contributed by atoms with E-state index in [0.29, 0.717) is 34.4 Å². The topological polar surface area (TPSA) is 138 Å². The van der Waals surface area contributed by atoms with Gasteiger partial charge in [0.25, 0.3) is 5.91 Å². The van der Waals surface area contributed by atoms with Crippen LogP contribution in [0.2, 0.25) is 0 Å². The molecule has 1 saturated heterocycles. The van der Waals surface area contributed by atoms with Crippen LogP contribution in [0.4, 0.5) is 16.2 Å². The van der Waals surface area contributed by atoms with Gasteiger partial charge in [-0.2, -0.15) is 0 Å². The predicted octanol–water partition coefficient (Wildman–Crippen LogP) is 3.10. The summed E-state index contributed by atoms with van der Waals surface area (Å²) < 4.78 is 0. The van der Waals surface area contributed by atoms with Gasteiger partial charge in [-0.3, -0.25) is 24.7 Å². The normalized spacial score (nSPS) is 14.8. The standard InChI is InChI=1S/C24H30N8O2/c1-5-16-13-32(14-16)24(34)30-18-7-20(15(3)27-10-18)31-23(33)19(8-25)22-12-28-21(11-29-22)17(6-2)9-26-4/h6-12,16H,5,13-14,25H2,1-4H3,(H,30,34)(H,31,33)/b17-6+,19-8+,26-9?. The molecule has 1 aliphatic heterocycles. The lowest BCUT2D eigenvalue weighted by molar-refractivity contribution is -0.111. The van der Waals surface area contributed by atoms with E-state index in [4.69, 9.17) is 5.73 Å². The largest absolute Gasteiger partial charge is 0.404 e. The SMILES string of the molecule is C/C=C(\C=NC)c1cnc(/C(=C\N)C(=O)Nc2cc(NC(=O)N3CC(CC)C3)cnc2C)cn1. The Morgan fingerprint density at radius 3 is 2.47 bits per heavy atom. The number of nitrogens with one attached hydrogen (secondary N) is 2. The van der Waals surface area contributed by atoms with Crippen LogP contribution in [0.1, 0.15) is 37.4 Å². The van der Waals surface area contributed by atoms with E-state index in [9.17, 15) is 9.59 Å². The molecule has 34 heavy (non-hydrogen) atoms. The summed E-state index contributed by atoms with van der Waals surface area (Å²) in [4.78, 5) is 44.1. The van der Waals surface area contributed by atoms with Crippen LogP contribution in [0, 0.1) is 12.8 Å². The fraction of sp³-hybridized carbons (Fsp3) is 0.333. The molecule has 0 spiro atoms.